The van der Waals surface area contributed by atoms with Gasteiger partial charge in [0, 0.05) is 30.5 Å². The molecule has 6 heteroatoms. The Hall–Kier alpha value is -3.02. The van der Waals surface area contributed by atoms with Gasteiger partial charge in [0.2, 0.25) is 5.91 Å². The van der Waals surface area contributed by atoms with Crippen LogP contribution in [0.25, 0.3) is 11.0 Å². The number of rotatable bonds is 6. The van der Waals surface area contributed by atoms with Crippen molar-refractivity contribution in [2.75, 3.05) is 20.3 Å². The second-order valence-corrected chi connectivity index (χ2v) is 8.71. The molecule has 1 saturated heterocycles. The number of likely N-dealkylation sites (tertiary alicyclic amines) is 1. The molecule has 30 heavy (non-hydrogen) atoms. The minimum Gasteiger partial charge on any atom is -0.497 e. The Labute approximate surface area is 177 Å². The van der Waals surface area contributed by atoms with Crippen LogP contribution in [0.3, 0.4) is 0 Å². The maximum absolute atomic E-state index is 12.6. The number of methoxy groups -OCH3 is 1. The third-order valence-electron chi connectivity index (χ3n) is 5.61. The summed E-state index contributed by atoms with van der Waals surface area (Å²) in [6.45, 7) is 8.11. The van der Waals surface area contributed by atoms with E-state index in [-0.39, 0.29) is 17.4 Å². The number of fused-ring (bicyclic) bond motifs is 1. The lowest BCUT2D eigenvalue weighted by molar-refractivity contribution is -0.131. The van der Waals surface area contributed by atoms with Gasteiger partial charge in [0.15, 0.2) is 0 Å². The molecule has 1 atom stereocenters. The average molecular weight is 408 g/mol. The number of hydrogen-bond acceptors (Lipinski definition) is 4. The largest absolute Gasteiger partial charge is 0.497 e. The van der Waals surface area contributed by atoms with Crippen molar-refractivity contribution >= 4 is 16.9 Å². The Kier molecular flexibility index (Phi) is 5.41. The number of hydrogen-bond donors (Lipinski definition) is 0. The topological polar surface area (TPSA) is 56.6 Å². The Bertz CT molecular complexity index is 1050. The van der Waals surface area contributed by atoms with Crippen molar-refractivity contribution in [2.24, 2.45) is 0 Å². The highest BCUT2D eigenvalue weighted by molar-refractivity contribution is 5.81. The number of carbonyl (C=O) groups excluding carboxylic acids is 1. The lowest BCUT2D eigenvalue weighted by Crippen LogP contribution is -2.42. The summed E-state index contributed by atoms with van der Waals surface area (Å²) in [5, 5.41) is 0. The summed E-state index contributed by atoms with van der Waals surface area (Å²) in [7, 11) is 1.65. The van der Waals surface area contributed by atoms with Gasteiger partial charge in [-0.05, 0) is 45.0 Å². The van der Waals surface area contributed by atoms with Crippen molar-refractivity contribution in [3.05, 3.63) is 54.4 Å². The Morgan fingerprint density at radius 3 is 2.60 bits per heavy atom. The number of aromatic nitrogens is 2. The van der Waals surface area contributed by atoms with Gasteiger partial charge in [0.1, 0.15) is 23.9 Å². The van der Waals surface area contributed by atoms with E-state index in [9.17, 15) is 4.79 Å². The zero-order valence-corrected chi connectivity index (χ0v) is 18.1. The smallest absolute Gasteiger partial charge is 0.223 e. The van der Waals surface area contributed by atoms with Crippen molar-refractivity contribution in [3.8, 4) is 11.5 Å². The molecule has 1 fully saturated rings. The summed E-state index contributed by atoms with van der Waals surface area (Å²) >= 11 is 0. The summed E-state index contributed by atoms with van der Waals surface area (Å²) in [5.74, 6) is 2.79. The van der Waals surface area contributed by atoms with E-state index in [0.717, 1.165) is 28.4 Å². The fourth-order valence-electron chi connectivity index (χ4n) is 4.12. The second-order valence-electron chi connectivity index (χ2n) is 8.71. The molecule has 0 bridgehead atoms. The minimum atomic E-state index is -0.182. The molecule has 4 rings (SSSR count). The van der Waals surface area contributed by atoms with Crippen LogP contribution in [0, 0.1) is 0 Å². The van der Waals surface area contributed by atoms with Gasteiger partial charge in [0.05, 0.1) is 24.7 Å². The lowest BCUT2D eigenvalue weighted by Gasteiger charge is -2.32. The molecular weight excluding hydrogens is 378 g/mol. The van der Waals surface area contributed by atoms with Crippen LogP contribution in [0.4, 0.5) is 0 Å². The number of imidazole rings is 1. The molecule has 158 valence electrons. The number of nitrogens with zero attached hydrogens (tertiary/aromatic N) is 3. The van der Waals surface area contributed by atoms with Gasteiger partial charge >= 0.3 is 0 Å². The molecule has 1 aromatic heterocycles. The summed E-state index contributed by atoms with van der Waals surface area (Å²) in [4.78, 5) is 19.5. The van der Waals surface area contributed by atoms with Crippen LogP contribution in [0.1, 0.15) is 38.9 Å². The summed E-state index contributed by atoms with van der Waals surface area (Å²) in [5.41, 5.74) is 1.84. The van der Waals surface area contributed by atoms with Crippen LogP contribution in [0.5, 0.6) is 11.5 Å². The first-order valence-electron chi connectivity index (χ1n) is 10.4. The number of ether oxygens (including phenoxy) is 2. The zero-order chi connectivity index (χ0) is 21.3. The second kappa shape index (κ2) is 8.01. The summed E-state index contributed by atoms with van der Waals surface area (Å²) in [6, 6.07) is 15.7. The Morgan fingerprint density at radius 1 is 1.10 bits per heavy atom. The standard InChI is InChI=1S/C24H29N3O3/c1-24(2,3)27-16-17(14-22(27)28)23-25-20-10-5-6-11-21(20)26(23)12-13-30-19-9-7-8-18(15-19)29-4/h5-11,15,17H,12-14,16H2,1-4H3/t17-/m1/s1. The monoisotopic (exact) mass is 407 g/mol. The predicted octanol–water partition coefficient (Wildman–Crippen LogP) is 4.24. The van der Waals surface area contributed by atoms with Crippen LogP contribution in [0.15, 0.2) is 48.5 Å². The average Bonchev–Trinajstić information content (AvgIpc) is 3.29. The van der Waals surface area contributed by atoms with E-state index in [1.807, 2.05) is 47.4 Å². The van der Waals surface area contributed by atoms with E-state index in [1.165, 1.54) is 0 Å². The number of amides is 1. The highest BCUT2D eigenvalue weighted by Gasteiger charge is 2.38. The molecule has 0 unspecified atom stereocenters. The molecule has 2 aromatic carbocycles. The van der Waals surface area contributed by atoms with Crippen LogP contribution >= 0.6 is 0 Å². The quantitative estimate of drug-likeness (QED) is 0.613. The molecule has 0 spiro atoms. The van der Waals surface area contributed by atoms with Crippen molar-refractivity contribution in [1.29, 1.82) is 0 Å². The first kappa shape index (κ1) is 20.3. The molecule has 3 aromatic rings. The lowest BCUT2D eigenvalue weighted by atomic mass is 10.1. The molecule has 0 radical (unpaired) electrons. The molecule has 1 amide bonds. The maximum Gasteiger partial charge on any atom is 0.223 e. The van der Waals surface area contributed by atoms with Gasteiger partial charge < -0.3 is 18.9 Å². The third kappa shape index (κ3) is 3.99. The fourth-order valence-corrected chi connectivity index (χ4v) is 4.12. The number of carbonyl (C=O) groups is 1. The first-order valence-corrected chi connectivity index (χ1v) is 10.4. The normalized spacial score (nSPS) is 17.0. The SMILES string of the molecule is COc1cccc(OCCn2c([C@@H]3CC(=O)N(C(C)(C)C)C3)nc3ccccc32)c1. The third-order valence-corrected chi connectivity index (χ3v) is 5.61. The molecule has 2 heterocycles. The summed E-state index contributed by atoms with van der Waals surface area (Å²) < 4.78 is 13.5. The van der Waals surface area contributed by atoms with Gasteiger partial charge in [-0.2, -0.15) is 0 Å². The van der Waals surface area contributed by atoms with Gasteiger partial charge in [-0.3, -0.25) is 4.79 Å². The van der Waals surface area contributed by atoms with E-state index < -0.39 is 0 Å². The fraction of sp³-hybridized carbons (Fsp3) is 0.417. The molecule has 1 aliphatic heterocycles. The van der Waals surface area contributed by atoms with Gasteiger partial charge in [-0.25, -0.2) is 4.98 Å². The van der Waals surface area contributed by atoms with Gasteiger partial charge in [-0.1, -0.05) is 18.2 Å². The van der Waals surface area contributed by atoms with Crippen LogP contribution < -0.4 is 9.47 Å². The molecule has 1 aliphatic rings. The van der Waals surface area contributed by atoms with E-state index in [0.29, 0.717) is 26.1 Å². The molecule has 0 saturated carbocycles. The van der Waals surface area contributed by atoms with Crippen molar-refractivity contribution < 1.29 is 14.3 Å². The van der Waals surface area contributed by atoms with Gasteiger partial charge in [-0.15, -0.1) is 0 Å². The number of benzene rings is 2. The van der Waals surface area contributed by atoms with Crippen molar-refractivity contribution in [1.82, 2.24) is 14.5 Å². The minimum absolute atomic E-state index is 0.0842. The molecule has 0 aliphatic carbocycles. The van der Waals surface area contributed by atoms with E-state index in [2.05, 4.69) is 31.4 Å². The highest BCUT2D eigenvalue weighted by atomic mass is 16.5. The Balaban J connectivity index is 1.57. The summed E-state index contributed by atoms with van der Waals surface area (Å²) in [6.07, 6.45) is 0.497. The van der Waals surface area contributed by atoms with E-state index >= 15 is 0 Å². The molecule has 6 nitrogen and oxygen atoms in total. The number of para-hydroxylation sites is 2. The van der Waals surface area contributed by atoms with Crippen LogP contribution in [-0.2, 0) is 11.3 Å². The zero-order valence-electron chi connectivity index (χ0n) is 18.1. The van der Waals surface area contributed by atoms with Crippen molar-refractivity contribution in [3.63, 3.8) is 0 Å². The predicted molar refractivity (Wildman–Crippen MR) is 117 cm³/mol. The first-order chi connectivity index (χ1) is 14.4. The molecule has 0 N–H and O–H groups in total. The molecular formula is C24H29N3O3. The Morgan fingerprint density at radius 2 is 1.87 bits per heavy atom. The van der Waals surface area contributed by atoms with Gasteiger partial charge in [0.25, 0.3) is 0 Å². The maximum atomic E-state index is 12.6. The highest BCUT2D eigenvalue weighted by Crippen LogP contribution is 2.33. The van der Waals surface area contributed by atoms with Crippen LogP contribution in [-0.4, -0.2) is 46.2 Å². The van der Waals surface area contributed by atoms with Crippen molar-refractivity contribution in [2.45, 2.75) is 45.2 Å². The van der Waals surface area contributed by atoms with Crippen LogP contribution in [0.2, 0.25) is 0 Å². The van der Waals surface area contributed by atoms with E-state index in [1.54, 1.807) is 7.11 Å². The van der Waals surface area contributed by atoms with E-state index in [4.69, 9.17) is 14.5 Å².